The molecule has 0 N–H and O–H groups in total. The molecule has 0 saturated carbocycles. The number of rotatable bonds is 3. The van der Waals surface area contributed by atoms with Crippen LogP contribution in [0.15, 0.2) is 30.3 Å². The summed E-state index contributed by atoms with van der Waals surface area (Å²) in [5, 5.41) is 0. The van der Waals surface area contributed by atoms with Gasteiger partial charge in [0.25, 0.3) is 0 Å². The zero-order valence-corrected chi connectivity index (χ0v) is 9.58. The van der Waals surface area contributed by atoms with E-state index in [1.54, 1.807) is 0 Å². The van der Waals surface area contributed by atoms with E-state index in [-0.39, 0.29) is 0 Å². The van der Waals surface area contributed by atoms with Crippen LogP contribution in [-0.2, 0) is 4.74 Å². The van der Waals surface area contributed by atoms with Gasteiger partial charge in [-0.3, -0.25) is 0 Å². The van der Waals surface area contributed by atoms with E-state index in [2.05, 4.69) is 16.3 Å². The van der Waals surface area contributed by atoms with Gasteiger partial charge in [-0.2, -0.15) is 0 Å². The van der Waals surface area contributed by atoms with Crippen LogP contribution in [0.2, 0.25) is 0 Å². The molecule has 1 rings (SSSR count). The lowest BCUT2D eigenvalue weighted by atomic mass is 10.3. The Morgan fingerprint density at radius 2 is 1.62 bits per heavy atom. The number of hydrogen-bond donors (Lipinski definition) is 0. The van der Waals surface area contributed by atoms with Gasteiger partial charge in [0.15, 0.2) is 16.3 Å². The van der Waals surface area contributed by atoms with E-state index in [1.165, 1.54) is 0 Å². The molecule has 74 valence electrons. The Labute approximate surface area is 88.3 Å². The van der Waals surface area contributed by atoms with Gasteiger partial charge in [-0.05, 0) is 26.0 Å². The van der Waals surface area contributed by atoms with Gasteiger partial charge < -0.3 is 8.57 Å². The third-order valence-corrected chi connectivity index (χ3v) is 1.61. The van der Waals surface area contributed by atoms with E-state index in [0.29, 0.717) is 0 Å². The first-order chi connectivity index (χ1) is 6.35. The molecule has 2 nitrogen and oxygen atoms in total. The zero-order chi connectivity index (χ0) is 9.94. The summed E-state index contributed by atoms with van der Waals surface area (Å²) in [7, 11) is 0. The SMILES string of the molecule is BrOc1ccccc1.CCOCC. The molecule has 0 aliphatic carbocycles. The monoisotopic (exact) mass is 246 g/mol. The maximum atomic E-state index is 4.83. The Balaban J connectivity index is 0.000000252. The number of hydrogen-bond acceptors (Lipinski definition) is 2. The molecule has 0 heterocycles. The smallest absolute Gasteiger partial charge is 0.179 e. The minimum Gasteiger partial charge on any atom is -0.418 e. The highest BCUT2D eigenvalue weighted by molar-refractivity contribution is 9.06. The lowest BCUT2D eigenvalue weighted by Gasteiger charge is -1.90. The molecule has 0 unspecified atom stereocenters. The van der Waals surface area contributed by atoms with Gasteiger partial charge in [0, 0.05) is 13.2 Å². The van der Waals surface area contributed by atoms with Crippen LogP contribution in [0.5, 0.6) is 5.75 Å². The average Bonchev–Trinajstić information content (AvgIpc) is 2.21. The summed E-state index contributed by atoms with van der Waals surface area (Å²) < 4.78 is 9.56. The fraction of sp³-hybridized carbons (Fsp3) is 0.400. The molecule has 0 aliphatic heterocycles. The standard InChI is InChI=1S/C6H5BrO.C4H10O/c7-8-6-4-2-1-3-5-6;1-3-5-4-2/h1-5H;3-4H2,1-2H3. The number of benzene rings is 1. The minimum absolute atomic E-state index is 0.826. The molecule has 13 heavy (non-hydrogen) atoms. The second-order valence-electron chi connectivity index (χ2n) is 2.17. The van der Waals surface area contributed by atoms with Gasteiger partial charge in [-0.1, -0.05) is 18.2 Å². The van der Waals surface area contributed by atoms with Crippen molar-refractivity contribution in [2.75, 3.05) is 13.2 Å². The van der Waals surface area contributed by atoms with E-state index in [4.69, 9.17) is 8.57 Å². The van der Waals surface area contributed by atoms with Crippen LogP contribution in [0.4, 0.5) is 0 Å². The van der Waals surface area contributed by atoms with Crippen molar-refractivity contribution in [3.8, 4) is 5.75 Å². The average molecular weight is 247 g/mol. The van der Waals surface area contributed by atoms with Gasteiger partial charge in [0.05, 0.1) is 0 Å². The van der Waals surface area contributed by atoms with E-state index >= 15 is 0 Å². The van der Waals surface area contributed by atoms with Crippen LogP contribution in [0, 0.1) is 0 Å². The molecule has 0 spiro atoms. The molecule has 0 aliphatic rings. The molecule has 0 fully saturated rings. The Morgan fingerprint density at radius 3 is 1.85 bits per heavy atom. The summed E-state index contributed by atoms with van der Waals surface area (Å²) in [4.78, 5) is 0. The predicted molar refractivity (Wildman–Crippen MR) is 58.2 cm³/mol. The van der Waals surface area contributed by atoms with Crippen molar-refractivity contribution >= 4 is 16.3 Å². The van der Waals surface area contributed by atoms with Gasteiger partial charge >= 0.3 is 0 Å². The van der Waals surface area contributed by atoms with Gasteiger partial charge in [0.2, 0.25) is 0 Å². The van der Waals surface area contributed by atoms with E-state index in [1.807, 2.05) is 44.2 Å². The molecule has 1 aromatic rings. The third-order valence-electron chi connectivity index (χ3n) is 1.24. The van der Waals surface area contributed by atoms with Gasteiger partial charge in [-0.25, -0.2) is 0 Å². The van der Waals surface area contributed by atoms with Crippen molar-refractivity contribution in [3.05, 3.63) is 30.3 Å². The van der Waals surface area contributed by atoms with Crippen LogP contribution in [-0.4, -0.2) is 13.2 Å². The summed E-state index contributed by atoms with van der Waals surface area (Å²) in [5.74, 6) is 0.826. The first kappa shape index (κ1) is 12.5. The topological polar surface area (TPSA) is 18.5 Å². The van der Waals surface area contributed by atoms with Crippen molar-refractivity contribution in [1.82, 2.24) is 0 Å². The third kappa shape index (κ3) is 7.81. The highest BCUT2D eigenvalue weighted by atomic mass is 79.9. The van der Waals surface area contributed by atoms with Crippen LogP contribution in [0.25, 0.3) is 0 Å². The van der Waals surface area contributed by atoms with Crippen LogP contribution in [0.3, 0.4) is 0 Å². The Hall–Kier alpha value is -0.540. The van der Waals surface area contributed by atoms with Crippen LogP contribution >= 0.6 is 16.3 Å². The quantitative estimate of drug-likeness (QED) is 0.814. The zero-order valence-electron chi connectivity index (χ0n) is 8.00. The van der Waals surface area contributed by atoms with E-state index in [9.17, 15) is 0 Å². The lowest BCUT2D eigenvalue weighted by Crippen LogP contribution is -1.84. The predicted octanol–water partition coefficient (Wildman–Crippen LogP) is 3.42. The van der Waals surface area contributed by atoms with Crippen molar-refractivity contribution in [2.45, 2.75) is 13.8 Å². The maximum absolute atomic E-state index is 4.83. The minimum atomic E-state index is 0.826. The fourth-order valence-corrected chi connectivity index (χ4v) is 0.892. The molecule has 0 amide bonds. The Morgan fingerprint density at radius 1 is 1.08 bits per heavy atom. The Bertz CT molecular complexity index is 187. The molecule has 0 bridgehead atoms. The summed E-state index contributed by atoms with van der Waals surface area (Å²) in [6.07, 6.45) is 0. The summed E-state index contributed by atoms with van der Waals surface area (Å²) in [6.45, 7) is 5.67. The van der Waals surface area contributed by atoms with Crippen LogP contribution in [0.1, 0.15) is 13.8 Å². The van der Waals surface area contributed by atoms with Crippen molar-refractivity contribution < 1.29 is 8.57 Å². The van der Waals surface area contributed by atoms with Gasteiger partial charge in [0.1, 0.15) is 5.75 Å². The van der Waals surface area contributed by atoms with Crippen molar-refractivity contribution in [3.63, 3.8) is 0 Å². The fourth-order valence-electron chi connectivity index (χ4n) is 0.676. The summed E-state index contributed by atoms with van der Waals surface area (Å²) in [6, 6.07) is 9.51. The summed E-state index contributed by atoms with van der Waals surface area (Å²) >= 11 is 2.86. The normalized spacial score (nSPS) is 8.54. The maximum Gasteiger partial charge on any atom is 0.179 e. The number of para-hydroxylation sites is 1. The molecule has 0 saturated heterocycles. The number of ether oxygens (including phenoxy) is 1. The molecule has 0 radical (unpaired) electrons. The van der Waals surface area contributed by atoms with E-state index in [0.717, 1.165) is 19.0 Å². The first-order valence-corrected chi connectivity index (χ1v) is 4.91. The molecule has 3 heteroatoms. The molecule has 1 aromatic carbocycles. The largest absolute Gasteiger partial charge is 0.418 e. The van der Waals surface area contributed by atoms with E-state index < -0.39 is 0 Å². The molecule has 0 aromatic heterocycles. The highest BCUT2D eigenvalue weighted by Crippen LogP contribution is 2.09. The van der Waals surface area contributed by atoms with Crippen LogP contribution < -0.4 is 3.83 Å². The Kier molecular flexibility index (Phi) is 9.15. The number of halogens is 1. The van der Waals surface area contributed by atoms with Gasteiger partial charge in [-0.15, -0.1) is 0 Å². The first-order valence-electron chi connectivity index (χ1n) is 4.26. The van der Waals surface area contributed by atoms with Crippen molar-refractivity contribution in [1.29, 1.82) is 0 Å². The van der Waals surface area contributed by atoms with Crippen molar-refractivity contribution in [2.24, 2.45) is 0 Å². The second kappa shape index (κ2) is 9.55. The highest BCUT2D eigenvalue weighted by Gasteiger charge is 1.82. The lowest BCUT2D eigenvalue weighted by molar-refractivity contribution is 0.162. The second-order valence-corrected chi connectivity index (χ2v) is 2.50. The molecular formula is C10H15BrO2. The molecular weight excluding hydrogens is 232 g/mol. The summed E-state index contributed by atoms with van der Waals surface area (Å²) in [5.41, 5.74) is 0. The molecule has 0 atom stereocenters.